The van der Waals surface area contributed by atoms with E-state index in [1.54, 1.807) is 0 Å². The Labute approximate surface area is 256 Å². The first-order valence-corrected chi connectivity index (χ1v) is 15.2. The van der Waals surface area contributed by atoms with Crippen LogP contribution in [0.15, 0.2) is 152 Å². The molecule has 0 radical (unpaired) electrons. The smallest absolute Gasteiger partial charge is 0.0462 e. The van der Waals surface area contributed by atoms with Gasteiger partial charge in [0.1, 0.15) is 0 Å². The van der Waals surface area contributed by atoms with E-state index < -0.39 is 0 Å². The number of rotatable bonds is 9. The number of anilines is 6. The van der Waals surface area contributed by atoms with Gasteiger partial charge in [-0.2, -0.15) is 0 Å². The summed E-state index contributed by atoms with van der Waals surface area (Å²) >= 11 is 0. The Morgan fingerprint density at radius 1 is 0.349 bits per heavy atom. The minimum Gasteiger partial charge on any atom is -0.311 e. The molecule has 2 nitrogen and oxygen atoms in total. The molecule has 43 heavy (non-hydrogen) atoms. The molecule has 0 N–H and O–H groups in total. The maximum Gasteiger partial charge on any atom is 0.0462 e. The highest BCUT2D eigenvalue weighted by Gasteiger charge is 2.14. The average molecular weight is 559 g/mol. The van der Waals surface area contributed by atoms with Crippen molar-refractivity contribution in [2.75, 3.05) is 9.80 Å². The summed E-state index contributed by atoms with van der Waals surface area (Å²) in [4.78, 5) is 4.64. The Morgan fingerprint density at radius 3 is 1.00 bits per heavy atom. The van der Waals surface area contributed by atoms with Gasteiger partial charge in [-0.15, -0.1) is 0 Å². The topological polar surface area (TPSA) is 6.48 Å². The second-order valence-electron chi connectivity index (χ2n) is 11.0. The molecule has 0 saturated heterocycles. The van der Waals surface area contributed by atoms with Crippen molar-refractivity contribution in [3.63, 3.8) is 0 Å². The monoisotopic (exact) mass is 558 g/mol. The third-order valence-electron chi connectivity index (χ3n) is 8.10. The Morgan fingerprint density at radius 2 is 0.651 bits per heavy atom. The predicted molar refractivity (Wildman–Crippen MR) is 185 cm³/mol. The maximum atomic E-state index is 2.33. The fraction of sp³-hybridized carbons (Fsp3) is 0.122. The molecule has 0 saturated carbocycles. The van der Waals surface area contributed by atoms with Crippen molar-refractivity contribution in [2.45, 2.75) is 33.6 Å². The van der Waals surface area contributed by atoms with Crippen molar-refractivity contribution in [1.29, 1.82) is 0 Å². The first-order valence-electron chi connectivity index (χ1n) is 15.2. The third kappa shape index (κ3) is 6.24. The summed E-state index contributed by atoms with van der Waals surface area (Å²) in [5, 5.41) is 0. The molecule has 0 atom stereocenters. The van der Waals surface area contributed by atoms with Gasteiger partial charge >= 0.3 is 0 Å². The van der Waals surface area contributed by atoms with Gasteiger partial charge in [0, 0.05) is 34.1 Å². The number of hydrogen-bond donors (Lipinski definition) is 0. The zero-order chi connectivity index (χ0) is 29.6. The second kappa shape index (κ2) is 12.8. The molecular weight excluding hydrogens is 520 g/mol. The van der Waals surface area contributed by atoms with E-state index in [0.29, 0.717) is 0 Å². The quantitative estimate of drug-likeness (QED) is 0.174. The van der Waals surface area contributed by atoms with Crippen molar-refractivity contribution >= 4 is 34.1 Å². The molecule has 6 rings (SSSR count). The van der Waals surface area contributed by atoms with E-state index in [4.69, 9.17) is 0 Å². The number of hydrogen-bond acceptors (Lipinski definition) is 2. The summed E-state index contributed by atoms with van der Waals surface area (Å²) in [6.07, 6.45) is 2.07. The van der Waals surface area contributed by atoms with Crippen molar-refractivity contribution < 1.29 is 0 Å². The zero-order valence-electron chi connectivity index (χ0n) is 25.2. The molecule has 0 aromatic heterocycles. The summed E-state index contributed by atoms with van der Waals surface area (Å²) in [5.74, 6) is 0. The highest BCUT2D eigenvalue weighted by Crippen LogP contribution is 2.38. The number of benzene rings is 6. The fourth-order valence-electron chi connectivity index (χ4n) is 5.53. The lowest BCUT2D eigenvalue weighted by atomic mass is 10.0. The van der Waals surface area contributed by atoms with E-state index in [1.165, 1.54) is 27.8 Å². The van der Waals surface area contributed by atoms with Crippen LogP contribution in [0, 0.1) is 6.92 Å². The van der Waals surface area contributed by atoms with E-state index in [1.807, 2.05) is 0 Å². The normalized spacial score (nSPS) is 10.9. The van der Waals surface area contributed by atoms with Gasteiger partial charge in [0.05, 0.1) is 0 Å². The Bertz CT molecular complexity index is 1740. The van der Waals surface area contributed by atoms with Crippen LogP contribution in [0.4, 0.5) is 34.1 Å². The molecule has 2 heteroatoms. The number of para-hydroxylation sites is 1. The molecule has 6 aromatic rings. The molecule has 0 fully saturated rings. The van der Waals surface area contributed by atoms with E-state index in [-0.39, 0.29) is 0 Å². The summed E-state index contributed by atoms with van der Waals surface area (Å²) in [5.41, 5.74) is 13.2. The highest BCUT2D eigenvalue weighted by molar-refractivity contribution is 5.80. The maximum absolute atomic E-state index is 2.33. The van der Waals surface area contributed by atoms with Gasteiger partial charge in [-0.3, -0.25) is 0 Å². The molecule has 6 aromatic carbocycles. The van der Waals surface area contributed by atoms with Crippen molar-refractivity contribution in [1.82, 2.24) is 0 Å². The standard InChI is InChI=1S/C41H38N2/c1-4-32-13-23-38(24-14-32)42(36-9-7-6-8-10-36)40-27-17-34(18-28-40)35-19-29-41(30-20-35)43(37-21-11-31(3)12-22-37)39-25-15-33(5-2)16-26-39/h6-30H,4-5H2,1-3H3. The van der Waals surface area contributed by atoms with Crippen LogP contribution < -0.4 is 9.80 Å². The average Bonchev–Trinajstić information content (AvgIpc) is 3.08. The zero-order valence-corrected chi connectivity index (χ0v) is 25.2. The van der Waals surface area contributed by atoms with Crippen LogP contribution in [0.3, 0.4) is 0 Å². The lowest BCUT2D eigenvalue weighted by Crippen LogP contribution is -2.10. The Kier molecular flexibility index (Phi) is 8.38. The summed E-state index contributed by atoms with van der Waals surface area (Å²) in [7, 11) is 0. The molecule has 0 unspecified atom stereocenters. The summed E-state index contributed by atoms with van der Waals surface area (Å²) < 4.78 is 0. The minimum atomic E-state index is 1.03. The first kappa shape index (κ1) is 28.1. The molecule has 0 spiro atoms. The van der Waals surface area contributed by atoms with Crippen LogP contribution in [-0.4, -0.2) is 0 Å². The van der Waals surface area contributed by atoms with Gasteiger partial charge in [-0.05, 0) is 115 Å². The van der Waals surface area contributed by atoms with Crippen molar-refractivity contribution in [3.05, 3.63) is 168 Å². The summed E-state index contributed by atoms with van der Waals surface area (Å²) in [6.45, 7) is 6.52. The fourth-order valence-corrected chi connectivity index (χ4v) is 5.53. The number of aryl methyl sites for hydroxylation is 3. The van der Waals surface area contributed by atoms with E-state index in [0.717, 1.165) is 47.0 Å². The SMILES string of the molecule is CCc1ccc(N(c2ccccc2)c2ccc(-c3ccc(N(c4ccc(C)cc4)c4ccc(CC)cc4)cc3)cc2)cc1. The van der Waals surface area contributed by atoms with E-state index in [9.17, 15) is 0 Å². The van der Waals surface area contributed by atoms with Crippen LogP contribution in [0.2, 0.25) is 0 Å². The van der Waals surface area contributed by atoms with Crippen LogP contribution in [0.1, 0.15) is 30.5 Å². The van der Waals surface area contributed by atoms with Crippen molar-refractivity contribution in [3.8, 4) is 11.1 Å². The lowest BCUT2D eigenvalue weighted by Gasteiger charge is -2.26. The molecule has 0 aliphatic carbocycles. The highest BCUT2D eigenvalue weighted by atomic mass is 15.1. The second-order valence-corrected chi connectivity index (χ2v) is 11.0. The van der Waals surface area contributed by atoms with Gasteiger partial charge in [-0.25, -0.2) is 0 Å². The van der Waals surface area contributed by atoms with Crippen LogP contribution >= 0.6 is 0 Å². The lowest BCUT2D eigenvalue weighted by molar-refractivity contribution is 1.14. The third-order valence-corrected chi connectivity index (χ3v) is 8.10. The largest absolute Gasteiger partial charge is 0.311 e. The van der Waals surface area contributed by atoms with Gasteiger partial charge in [0.25, 0.3) is 0 Å². The molecule has 0 bridgehead atoms. The van der Waals surface area contributed by atoms with Gasteiger partial charge < -0.3 is 9.80 Å². The van der Waals surface area contributed by atoms with E-state index in [2.05, 4.69) is 182 Å². The van der Waals surface area contributed by atoms with Gasteiger partial charge in [-0.1, -0.05) is 98.3 Å². The molecule has 0 aliphatic rings. The van der Waals surface area contributed by atoms with E-state index >= 15 is 0 Å². The predicted octanol–water partition coefficient (Wildman–Crippen LogP) is 11.7. The van der Waals surface area contributed by atoms with Crippen LogP contribution in [0.25, 0.3) is 11.1 Å². The number of nitrogens with zero attached hydrogens (tertiary/aromatic N) is 2. The molecule has 0 amide bonds. The molecule has 0 heterocycles. The van der Waals surface area contributed by atoms with Gasteiger partial charge in [0.2, 0.25) is 0 Å². The first-order chi connectivity index (χ1) is 21.1. The molecule has 0 aliphatic heterocycles. The van der Waals surface area contributed by atoms with Crippen molar-refractivity contribution in [2.24, 2.45) is 0 Å². The Balaban J connectivity index is 1.30. The molecule has 212 valence electrons. The van der Waals surface area contributed by atoms with Gasteiger partial charge in [0.15, 0.2) is 0 Å². The minimum absolute atomic E-state index is 1.03. The van der Waals surface area contributed by atoms with Crippen LogP contribution in [0.5, 0.6) is 0 Å². The summed E-state index contributed by atoms with van der Waals surface area (Å²) in [6, 6.07) is 54.9. The Hall–Kier alpha value is -5.08. The van der Waals surface area contributed by atoms with Crippen LogP contribution in [-0.2, 0) is 12.8 Å². The molecular formula is C41H38N2.